The Bertz CT molecular complexity index is 1080. The maximum absolute atomic E-state index is 13.3. The number of aliphatic hydroxyl groups is 1. The molecular formula is C27H40N5O4+. The van der Waals surface area contributed by atoms with Crippen LogP contribution in [-0.4, -0.2) is 64.2 Å². The highest BCUT2D eigenvalue weighted by Gasteiger charge is 2.20. The van der Waals surface area contributed by atoms with E-state index in [4.69, 9.17) is 20.3 Å². The van der Waals surface area contributed by atoms with Gasteiger partial charge in [-0.25, -0.2) is 0 Å². The third-order valence-corrected chi connectivity index (χ3v) is 5.84. The molecule has 36 heavy (non-hydrogen) atoms. The van der Waals surface area contributed by atoms with Gasteiger partial charge in [-0.2, -0.15) is 0 Å². The number of benzene rings is 2. The summed E-state index contributed by atoms with van der Waals surface area (Å²) in [6.45, 7) is 7.16. The van der Waals surface area contributed by atoms with E-state index in [1.165, 1.54) is 6.20 Å². The van der Waals surface area contributed by atoms with Gasteiger partial charge in [0.2, 0.25) is 0 Å². The van der Waals surface area contributed by atoms with Crippen LogP contribution in [0.5, 0.6) is 11.5 Å². The largest absolute Gasteiger partial charge is 0.493 e. The summed E-state index contributed by atoms with van der Waals surface area (Å²) in [5.41, 5.74) is 10.5. The van der Waals surface area contributed by atoms with Gasteiger partial charge in [-0.1, -0.05) is 6.07 Å². The predicted molar refractivity (Wildman–Crippen MR) is 145 cm³/mol. The van der Waals surface area contributed by atoms with Gasteiger partial charge in [0.05, 0.1) is 32.4 Å². The molecule has 2 aromatic carbocycles. The zero-order valence-corrected chi connectivity index (χ0v) is 22.1. The summed E-state index contributed by atoms with van der Waals surface area (Å²) in [4.78, 5) is 16.2. The Labute approximate surface area is 213 Å². The average molecular weight is 499 g/mol. The lowest BCUT2D eigenvalue weighted by molar-refractivity contribution is -0.412. The summed E-state index contributed by atoms with van der Waals surface area (Å²) >= 11 is 0. The van der Waals surface area contributed by atoms with Crippen molar-refractivity contribution in [2.24, 2.45) is 5.73 Å². The van der Waals surface area contributed by atoms with Crippen LogP contribution in [0, 0.1) is 6.92 Å². The van der Waals surface area contributed by atoms with E-state index < -0.39 is 0 Å². The van der Waals surface area contributed by atoms with E-state index in [9.17, 15) is 4.79 Å². The first-order valence-corrected chi connectivity index (χ1v) is 12.0. The minimum Gasteiger partial charge on any atom is -0.493 e. The van der Waals surface area contributed by atoms with Crippen LogP contribution in [0.4, 0.5) is 5.69 Å². The number of nitrogens with two attached hydrogens (primary N) is 1. The van der Waals surface area contributed by atoms with Crippen molar-refractivity contribution in [2.45, 2.75) is 32.9 Å². The fraction of sp³-hybridized carbons (Fsp3) is 0.407. The Morgan fingerprint density at radius 2 is 1.92 bits per heavy atom. The number of ether oxygens (including phenoxy) is 2. The highest BCUT2D eigenvalue weighted by molar-refractivity contribution is 6.08. The standard InChI is InChI=1S/C27H39N5O4/c1-17-7-8-22(31-15-18(2)30-9-10-33)13-23(17)27(34)32-19(3)20-11-24(21(14-28)16-29-4)26(36-6)25(12-20)35-5/h7-8,11-14,16,18-19,30-31,33H,9-10,15,28H2,1-6H3,(H,32,34)/p+1/b21-14+,29-16?/t18-,19?/m0/s1. The molecular weight excluding hydrogens is 458 g/mol. The fourth-order valence-electron chi connectivity index (χ4n) is 3.81. The number of carbonyl (C=O) groups excluding carboxylic acids is 1. The van der Waals surface area contributed by atoms with Crippen LogP contribution in [0.3, 0.4) is 0 Å². The Balaban J connectivity index is 2.28. The molecule has 7 N–H and O–H groups in total. The molecule has 1 amide bonds. The van der Waals surface area contributed by atoms with Gasteiger partial charge in [-0.15, -0.1) is 0 Å². The molecule has 0 saturated carbocycles. The number of hydrogen-bond donors (Lipinski definition) is 6. The van der Waals surface area contributed by atoms with Crippen LogP contribution in [0.1, 0.15) is 46.9 Å². The molecule has 0 bridgehead atoms. The second kappa shape index (κ2) is 14.1. The minimum absolute atomic E-state index is 0.0938. The summed E-state index contributed by atoms with van der Waals surface area (Å²) in [7, 11) is 4.94. The molecule has 0 spiro atoms. The summed E-state index contributed by atoms with van der Waals surface area (Å²) in [6.07, 6.45) is 3.26. The molecule has 0 aliphatic heterocycles. The molecule has 0 heterocycles. The van der Waals surface area contributed by atoms with Crippen LogP contribution < -0.4 is 36.2 Å². The molecule has 0 aliphatic carbocycles. The molecule has 2 atom stereocenters. The van der Waals surface area contributed by atoms with Crippen molar-refractivity contribution in [2.75, 3.05) is 46.3 Å². The van der Waals surface area contributed by atoms with Gasteiger partial charge < -0.3 is 36.3 Å². The number of hydrogen-bond acceptors (Lipinski definition) is 7. The molecule has 0 radical (unpaired) electrons. The molecule has 1 unspecified atom stereocenters. The Kier molecular flexibility index (Phi) is 11.2. The van der Waals surface area contributed by atoms with Gasteiger partial charge in [-0.3, -0.25) is 9.79 Å². The van der Waals surface area contributed by atoms with E-state index in [0.29, 0.717) is 30.2 Å². The number of allylic oxidation sites excluding steroid dienone is 1. The zero-order chi connectivity index (χ0) is 26.7. The molecule has 2 aromatic rings. The van der Waals surface area contributed by atoms with E-state index in [1.807, 2.05) is 51.1 Å². The van der Waals surface area contributed by atoms with E-state index in [-0.39, 0.29) is 24.6 Å². The summed E-state index contributed by atoms with van der Waals surface area (Å²) in [5, 5.41) is 18.6. The first-order chi connectivity index (χ1) is 17.3. The Morgan fingerprint density at radius 1 is 1.17 bits per heavy atom. The third kappa shape index (κ3) is 7.47. The van der Waals surface area contributed by atoms with Crippen molar-refractivity contribution in [1.29, 1.82) is 0 Å². The van der Waals surface area contributed by atoms with Crippen molar-refractivity contribution in [3.8, 4) is 11.5 Å². The monoisotopic (exact) mass is 498 g/mol. The lowest BCUT2D eigenvalue weighted by Crippen LogP contribution is -2.63. The number of methoxy groups -OCH3 is 2. The topological polar surface area (TPSA) is 132 Å². The van der Waals surface area contributed by atoms with Crippen LogP contribution >= 0.6 is 0 Å². The number of anilines is 1. The van der Waals surface area contributed by atoms with E-state index >= 15 is 0 Å². The van der Waals surface area contributed by atoms with Crippen molar-refractivity contribution < 1.29 is 24.4 Å². The number of rotatable bonds is 13. The summed E-state index contributed by atoms with van der Waals surface area (Å²) in [6, 6.07) is 9.37. The molecule has 0 aliphatic rings. The molecule has 9 heteroatoms. The maximum Gasteiger partial charge on any atom is 0.252 e. The minimum atomic E-state index is -0.316. The van der Waals surface area contributed by atoms with Gasteiger partial charge >= 0.3 is 0 Å². The smallest absolute Gasteiger partial charge is 0.252 e. The molecule has 0 saturated heterocycles. The highest BCUT2D eigenvalue weighted by atomic mass is 16.5. The molecule has 0 fully saturated rings. The van der Waals surface area contributed by atoms with Gasteiger partial charge in [0.1, 0.15) is 7.05 Å². The molecule has 2 rings (SSSR count). The number of nitrogens with one attached hydrogen (secondary N) is 4. The number of aryl methyl sites for hydroxylation is 1. The van der Waals surface area contributed by atoms with Gasteiger partial charge in [0.15, 0.2) is 17.7 Å². The van der Waals surface area contributed by atoms with E-state index in [1.54, 1.807) is 27.5 Å². The first kappa shape index (κ1) is 28.7. The Hall–Kier alpha value is -3.56. The van der Waals surface area contributed by atoms with Crippen molar-refractivity contribution in [1.82, 2.24) is 10.6 Å². The fourth-order valence-corrected chi connectivity index (χ4v) is 3.81. The summed E-state index contributed by atoms with van der Waals surface area (Å²) < 4.78 is 11.2. The maximum atomic E-state index is 13.3. The van der Waals surface area contributed by atoms with Crippen molar-refractivity contribution >= 4 is 23.4 Å². The van der Waals surface area contributed by atoms with Crippen molar-refractivity contribution in [3.63, 3.8) is 0 Å². The third-order valence-electron chi connectivity index (χ3n) is 5.84. The van der Waals surface area contributed by atoms with Crippen LogP contribution in [0.25, 0.3) is 5.57 Å². The SMILES string of the molecule is C[NH+]=C/C(=C\N)c1cc(C(C)NC(=O)c2cc(NC[C@H](C)NCCO)ccc2C)cc(OC)c1OC. The van der Waals surface area contributed by atoms with Crippen molar-refractivity contribution in [3.05, 3.63) is 58.8 Å². The second-order valence-corrected chi connectivity index (χ2v) is 8.54. The van der Waals surface area contributed by atoms with E-state index in [2.05, 4.69) is 20.9 Å². The number of amides is 1. The lowest BCUT2D eigenvalue weighted by Gasteiger charge is -2.20. The molecule has 9 nitrogen and oxygen atoms in total. The van der Waals surface area contributed by atoms with Crippen LogP contribution in [0.2, 0.25) is 0 Å². The predicted octanol–water partition coefficient (Wildman–Crippen LogP) is 0.966. The normalized spacial score (nSPS) is 13.4. The first-order valence-electron chi connectivity index (χ1n) is 12.0. The average Bonchev–Trinajstić information content (AvgIpc) is 2.88. The van der Waals surface area contributed by atoms with Gasteiger partial charge in [0.25, 0.3) is 5.91 Å². The Morgan fingerprint density at radius 3 is 2.53 bits per heavy atom. The number of carbonyl (C=O) groups is 1. The zero-order valence-electron chi connectivity index (χ0n) is 22.1. The van der Waals surface area contributed by atoms with Crippen LogP contribution in [-0.2, 0) is 0 Å². The quantitative estimate of drug-likeness (QED) is 0.227. The molecule has 196 valence electrons. The number of aliphatic hydroxyl groups excluding tert-OH is 1. The lowest BCUT2D eigenvalue weighted by atomic mass is 9.98. The highest BCUT2D eigenvalue weighted by Crippen LogP contribution is 2.37. The summed E-state index contributed by atoms with van der Waals surface area (Å²) in [5.74, 6) is 0.921. The molecule has 0 aromatic heterocycles. The van der Waals surface area contributed by atoms with Crippen LogP contribution in [0.15, 0.2) is 36.5 Å². The van der Waals surface area contributed by atoms with E-state index in [0.717, 1.165) is 28.0 Å². The second-order valence-electron chi connectivity index (χ2n) is 8.54. The van der Waals surface area contributed by atoms with Gasteiger partial charge in [0, 0.05) is 42.1 Å². The van der Waals surface area contributed by atoms with Gasteiger partial charge in [-0.05, 0) is 56.2 Å².